The fraction of sp³-hybridized carbons (Fsp3) is 1.00. The molecule has 0 spiro atoms. The Kier molecular flexibility index (Phi) is 23.8. The first-order chi connectivity index (χ1) is 14.7. The van der Waals surface area contributed by atoms with Crippen molar-refractivity contribution in [3.8, 4) is 0 Å². The molecule has 0 saturated carbocycles. The van der Waals surface area contributed by atoms with Gasteiger partial charge in [-0.1, -0.05) is 135 Å². The van der Waals surface area contributed by atoms with Gasteiger partial charge in [0.25, 0.3) is 0 Å². The largest absolute Gasteiger partial charge is 0.500 e. The minimum atomic E-state index is -2.33. The van der Waals surface area contributed by atoms with E-state index in [1.165, 1.54) is 128 Å². The highest BCUT2D eigenvalue weighted by molar-refractivity contribution is 6.60. The van der Waals surface area contributed by atoms with Crippen LogP contribution in [0.5, 0.6) is 0 Å². The fourth-order valence-corrected chi connectivity index (χ4v) is 6.13. The van der Waals surface area contributed by atoms with Crippen molar-refractivity contribution < 1.29 is 13.3 Å². The Morgan fingerprint density at radius 1 is 0.367 bits per heavy atom. The predicted octanol–water partition coefficient (Wildman–Crippen LogP) is 9.08. The third-order valence-corrected chi connectivity index (χ3v) is 9.35. The summed E-state index contributed by atoms with van der Waals surface area (Å²) in [6.07, 6.45) is 29.8. The van der Waals surface area contributed by atoms with Gasteiger partial charge < -0.3 is 13.3 Å². The molecule has 0 aliphatic rings. The summed E-state index contributed by atoms with van der Waals surface area (Å²) < 4.78 is 16.4. The highest BCUT2D eigenvalue weighted by atomic mass is 28.4. The normalized spacial score (nSPS) is 12.0. The molecule has 0 heterocycles. The van der Waals surface area contributed by atoms with Gasteiger partial charge in [0, 0.05) is 27.4 Å². The van der Waals surface area contributed by atoms with E-state index in [2.05, 4.69) is 6.92 Å². The summed E-state index contributed by atoms with van der Waals surface area (Å²) in [6.45, 7) is 2.30. The molecule has 0 fully saturated rings. The van der Waals surface area contributed by atoms with E-state index in [0.29, 0.717) is 0 Å². The highest BCUT2D eigenvalue weighted by Crippen LogP contribution is 2.19. The number of hydrogen-bond donors (Lipinski definition) is 0. The minimum absolute atomic E-state index is 0.940. The van der Waals surface area contributed by atoms with Gasteiger partial charge in [-0.2, -0.15) is 0 Å². The first-order valence-corrected chi connectivity index (χ1v) is 15.3. The molecule has 3 nitrogen and oxygen atoms in total. The van der Waals surface area contributed by atoms with Crippen molar-refractivity contribution in [1.82, 2.24) is 0 Å². The molecular formula is C26H56O3Si. The van der Waals surface area contributed by atoms with Gasteiger partial charge in [-0.25, -0.2) is 0 Å². The number of hydrogen-bond acceptors (Lipinski definition) is 3. The molecule has 182 valence electrons. The molecule has 0 unspecified atom stereocenters. The molecule has 0 N–H and O–H groups in total. The Labute approximate surface area is 191 Å². The minimum Gasteiger partial charge on any atom is -0.377 e. The summed E-state index contributed by atoms with van der Waals surface area (Å²) in [5, 5.41) is 0. The number of unbranched alkanes of at least 4 members (excludes halogenated alkanes) is 20. The van der Waals surface area contributed by atoms with Crippen LogP contribution in [-0.2, 0) is 13.3 Å². The van der Waals surface area contributed by atoms with Crippen molar-refractivity contribution in [1.29, 1.82) is 0 Å². The lowest BCUT2D eigenvalue weighted by molar-refractivity contribution is 0.122. The standard InChI is InChI=1S/C26H56O3Si/c1-5-6-7-8-9-10-11-12-13-14-15-16-17-18-19-20-21-22-23-24-25-26-30(27-2,28-3)29-4/h5-26H2,1-4H3. The molecule has 4 heteroatoms. The molecule has 0 amide bonds. The third-order valence-electron chi connectivity index (χ3n) is 6.52. The van der Waals surface area contributed by atoms with Gasteiger partial charge in [-0.05, 0) is 6.42 Å². The van der Waals surface area contributed by atoms with Crippen molar-refractivity contribution in [2.75, 3.05) is 21.3 Å². The van der Waals surface area contributed by atoms with Crippen LogP contribution in [0.4, 0.5) is 0 Å². The molecule has 30 heavy (non-hydrogen) atoms. The van der Waals surface area contributed by atoms with E-state index in [4.69, 9.17) is 13.3 Å². The van der Waals surface area contributed by atoms with Crippen LogP contribution in [0.15, 0.2) is 0 Å². The Morgan fingerprint density at radius 3 is 0.833 bits per heavy atom. The van der Waals surface area contributed by atoms with E-state index < -0.39 is 8.80 Å². The van der Waals surface area contributed by atoms with Gasteiger partial charge in [0.2, 0.25) is 0 Å². The van der Waals surface area contributed by atoms with Crippen LogP contribution >= 0.6 is 0 Å². The Hall–Kier alpha value is 0.0969. The zero-order valence-electron chi connectivity index (χ0n) is 21.3. The van der Waals surface area contributed by atoms with Crippen molar-refractivity contribution >= 4 is 8.80 Å². The third kappa shape index (κ3) is 18.8. The quantitative estimate of drug-likeness (QED) is 0.104. The fourth-order valence-electron chi connectivity index (χ4n) is 4.33. The first kappa shape index (κ1) is 30.1. The smallest absolute Gasteiger partial charge is 0.377 e. The average Bonchev–Trinajstić information content (AvgIpc) is 2.78. The molecule has 0 atom stereocenters. The molecular weight excluding hydrogens is 388 g/mol. The van der Waals surface area contributed by atoms with E-state index >= 15 is 0 Å². The van der Waals surface area contributed by atoms with Crippen molar-refractivity contribution in [2.45, 2.75) is 148 Å². The molecule has 0 saturated heterocycles. The topological polar surface area (TPSA) is 27.7 Å². The molecule has 0 aliphatic heterocycles. The Morgan fingerprint density at radius 2 is 0.600 bits per heavy atom. The summed E-state index contributed by atoms with van der Waals surface area (Å²) >= 11 is 0. The van der Waals surface area contributed by atoms with Crippen molar-refractivity contribution in [2.24, 2.45) is 0 Å². The van der Waals surface area contributed by atoms with Gasteiger partial charge in [0.05, 0.1) is 0 Å². The van der Waals surface area contributed by atoms with Crippen molar-refractivity contribution in [3.05, 3.63) is 0 Å². The molecule has 0 aromatic rings. The maximum atomic E-state index is 5.47. The van der Waals surface area contributed by atoms with Crippen LogP contribution < -0.4 is 0 Å². The SMILES string of the molecule is CCCCCCCCCCCCCCCCCCCCCCC[Si](OC)(OC)OC. The summed E-state index contributed by atoms with van der Waals surface area (Å²) in [7, 11) is 2.78. The molecule has 0 aromatic carbocycles. The van der Waals surface area contributed by atoms with Gasteiger partial charge >= 0.3 is 8.80 Å². The number of rotatable bonds is 25. The van der Waals surface area contributed by atoms with Crippen LogP contribution in [-0.4, -0.2) is 30.1 Å². The van der Waals surface area contributed by atoms with Crippen LogP contribution in [0, 0.1) is 0 Å². The lowest BCUT2D eigenvalue weighted by atomic mass is 10.0. The van der Waals surface area contributed by atoms with Gasteiger partial charge in [-0.15, -0.1) is 0 Å². The summed E-state index contributed by atoms with van der Waals surface area (Å²) in [5.41, 5.74) is 0. The molecule has 0 rings (SSSR count). The molecule has 0 aromatic heterocycles. The highest BCUT2D eigenvalue weighted by Gasteiger charge is 2.36. The zero-order chi connectivity index (χ0) is 22.2. The van der Waals surface area contributed by atoms with Crippen LogP contribution in [0.3, 0.4) is 0 Å². The van der Waals surface area contributed by atoms with Crippen LogP contribution in [0.25, 0.3) is 0 Å². The van der Waals surface area contributed by atoms with E-state index in [1.807, 2.05) is 0 Å². The average molecular weight is 445 g/mol. The lowest BCUT2D eigenvalue weighted by Crippen LogP contribution is -2.42. The maximum absolute atomic E-state index is 5.47. The predicted molar refractivity (Wildman–Crippen MR) is 134 cm³/mol. The van der Waals surface area contributed by atoms with Crippen molar-refractivity contribution in [3.63, 3.8) is 0 Å². The van der Waals surface area contributed by atoms with E-state index in [0.717, 1.165) is 12.5 Å². The summed E-state index contributed by atoms with van der Waals surface area (Å²) in [4.78, 5) is 0. The Balaban J connectivity index is 3.16. The molecule has 0 radical (unpaired) electrons. The Bertz CT molecular complexity index is 313. The zero-order valence-corrected chi connectivity index (χ0v) is 22.3. The van der Waals surface area contributed by atoms with Gasteiger partial charge in [-0.3, -0.25) is 0 Å². The van der Waals surface area contributed by atoms with Crippen LogP contribution in [0.2, 0.25) is 6.04 Å². The van der Waals surface area contributed by atoms with Gasteiger partial charge in [0.15, 0.2) is 0 Å². The second-order valence-electron chi connectivity index (χ2n) is 9.12. The summed E-state index contributed by atoms with van der Waals surface area (Å²) in [5.74, 6) is 0. The first-order valence-electron chi connectivity index (χ1n) is 13.4. The maximum Gasteiger partial charge on any atom is 0.500 e. The monoisotopic (exact) mass is 444 g/mol. The molecule has 0 bridgehead atoms. The van der Waals surface area contributed by atoms with E-state index in [1.54, 1.807) is 21.3 Å². The second-order valence-corrected chi connectivity index (χ2v) is 12.2. The second kappa shape index (κ2) is 23.8. The van der Waals surface area contributed by atoms with Crippen LogP contribution in [0.1, 0.15) is 142 Å². The van der Waals surface area contributed by atoms with E-state index in [9.17, 15) is 0 Å². The molecule has 0 aliphatic carbocycles. The summed E-state index contributed by atoms with van der Waals surface area (Å²) in [6, 6.07) is 0.940. The lowest BCUT2D eigenvalue weighted by Gasteiger charge is -2.24. The van der Waals surface area contributed by atoms with Gasteiger partial charge in [0.1, 0.15) is 0 Å². The van der Waals surface area contributed by atoms with E-state index in [-0.39, 0.29) is 0 Å².